The molecule has 0 aliphatic carbocycles. The first kappa shape index (κ1) is 24.0. The maximum Gasteiger partial charge on any atom is 0.390 e. The van der Waals surface area contributed by atoms with Crippen molar-refractivity contribution in [2.45, 2.75) is 39.0 Å². The predicted molar refractivity (Wildman–Crippen MR) is 120 cm³/mol. The van der Waals surface area contributed by atoms with E-state index in [-0.39, 0.29) is 18.2 Å². The molecular formula is C21H18Cl2F3N7O. The van der Waals surface area contributed by atoms with Crippen molar-refractivity contribution in [3.8, 4) is 17.2 Å². The molecule has 3 aromatic heterocycles. The molecular weight excluding hydrogens is 494 g/mol. The van der Waals surface area contributed by atoms with Gasteiger partial charge in [0.2, 0.25) is 0 Å². The smallest absolute Gasteiger partial charge is 0.275 e. The molecule has 0 unspecified atom stereocenters. The Hall–Kier alpha value is -3.18. The van der Waals surface area contributed by atoms with Crippen molar-refractivity contribution < 1.29 is 13.2 Å². The molecule has 0 atom stereocenters. The monoisotopic (exact) mass is 511 g/mol. The second kappa shape index (κ2) is 9.59. The Morgan fingerprint density at radius 3 is 2.44 bits per heavy atom. The van der Waals surface area contributed by atoms with Crippen LogP contribution in [0.2, 0.25) is 10.0 Å². The summed E-state index contributed by atoms with van der Waals surface area (Å²) in [5.41, 5.74) is -0.255. The average Bonchev–Trinajstić information content (AvgIpc) is 3.33. The van der Waals surface area contributed by atoms with E-state index in [1.54, 1.807) is 42.6 Å². The first-order chi connectivity index (χ1) is 16.2. The summed E-state index contributed by atoms with van der Waals surface area (Å²) >= 11 is 12.2. The molecule has 4 rings (SSSR count). The molecule has 0 N–H and O–H groups in total. The maximum absolute atomic E-state index is 13.0. The molecule has 1 aromatic carbocycles. The minimum atomic E-state index is -4.43. The third-order valence-electron chi connectivity index (χ3n) is 4.91. The highest BCUT2D eigenvalue weighted by atomic mass is 35.5. The van der Waals surface area contributed by atoms with E-state index in [2.05, 4.69) is 20.2 Å². The third kappa shape index (κ3) is 5.15. The molecule has 13 heteroatoms. The highest BCUT2D eigenvalue weighted by molar-refractivity contribution is 6.32. The second-order valence-electron chi connectivity index (χ2n) is 7.31. The molecule has 0 aliphatic heterocycles. The number of alkyl halides is 3. The first-order valence-corrected chi connectivity index (χ1v) is 11.0. The van der Waals surface area contributed by atoms with Crippen LogP contribution < -0.4 is 5.69 Å². The van der Waals surface area contributed by atoms with Gasteiger partial charge in [-0.05, 0) is 36.4 Å². The molecule has 0 saturated heterocycles. The number of benzene rings is 1. The van der Waals surface area contributed by atoms with E-state index < -0.39 is 24.8 Å². The molecule has 4 aromatic rings. The van der Waals surface area contributed by atoms with Gasteiger partial charge in [-0.25, -0.2) is 19.4 Å². The molecule has 3 heterocycles. The number of aryl methyl sites for hydroxylation is 1. The van der Waals surface area contributed by atoms with E-state index in [4.69, 9.17) is 23.2 Å². The van der Waals surface area contributed by atoms with Crippen LogP contribution in [0.4, 0.5) is 13.2 Å². The summed E-state index contributed by atoms with van der Waals surface area (Å²) in [6.07, 6.45) is -3.54. The minimum absolute atomic E-state index is 0.0915. The van der Waals surface area contributed by atoms with Gasteiger partial charge in [-0.1, -0.05) is 30.1 Å². The zero-order valence-corrected chi connectivity index (χ0v) is 19.3. The Morgan fingerprint density at radius 2 is 1.79 bits per heavy atom. The molecule has 0 fully saturated rings. The van der Waals surface area contributed by atoms with Crippen molar-refractivity contribution >= 4 is 23.2 Å². The average molecular weight is 512 g/mol. The molecule has 0 amide bonds. The van der Waals surface area contributed by atoms with Crippen LogP contribution in [0.15, 0.2) is 47.4 Å². The van der Waals surface area contributed by atoms with Crippen LogP contribution in [0, 0.1) is 0 Å². The van der Waals surface area contributed by atoms with Crippen molar-refractivity contribution in [1.29, 1.82) is 0 Å². The first-order valence-electron chi connectivity index (χ1n) is 10.2. The number of nitrogens with zero attached hydrogens (tertiary/aromatic N) is 7. The van der Waals surface area contributed by atoms with Crippen LogP contribution in [0.5, 0.6) is 0 Å². The van der Waals surface area contributed by atoms with Gasteiger partial charge >= 0.3 is 11.9 Å². The largest absolute Gasteiger partial charge is 0.390 e. The van der Waals surface area contributed by atoms with Crippen LogP contribution in [0.25, 0.3) is 17.2 Å². The van der Waals surface area contributed by atoms with Gasteiger partial charge in [0.25, 0.3) is 0 Å². The summed E-state index contributed by atoms with van der Waals surface area (Å²) in [6.45, 7) is 1.15. The number of pyridine rings is 1. The minimum Gasteiger partial charge on any atom is -0.275 e. The summed E-state index contributed by atoms with van der Waals surface area (Å²) in [5, 5.41) is 9.51. The summed E-state index contributed by atoms with van der Waals surface area (Å²) < 4.78 is 42.2. The topological polar surface area (TPSA) is 83.4 Å². The number of hydrogen-bond acceptors (Lipinski definition) is 5. The van der Waals surface area contributed by atoms with Crippen LogP contribution in [0.3, 0.4) is 0 Å². The van der Waals surface area contributed by atoms with Gasteiger partial charge in [0.15, 0.2) is 17.5 Å². The van der Waals surface area contributed by atoms with Crippen molar-refractivity contribution in [2.24, 2.45) is 0 Å². The fraction of sp³-hybridized carbons (Fsp3) is 0.286. The lowest BCUT2D eigenvalue weighted by Crippen LogP contribution is -2.27. The number of hydrogen-bond donors (Lipinski definition) is 0. The maximum atomic E-state index is 13.0. The van der Waals surface area contributed by atoms with Crippen molar-refractivity contribution in [2.75, 3.05) is 0 Å². The van der Waals surface area contributed by atoms with Gasteiger partial charge in [0, 0.05) is 29.7 Å². The molecule has 34 heavy (non-hydrogen) atoms. The molecule has 0 saturated carbocycles. The van der Waals surface area contributed by atoms with Crippen LogP contribution in [-0.2, 0) is 19.5 Å². The number of aromatic nitrogens is 7. The number of halogens is 5. The van der Waals surface area contributed by atoms with Gasteiger partial charge < -0.3 is 0 Å². The quantitative estimate of drug-likeness (QED) is 0.363. The fourth-order valence-corrected chi connectivity index (χ4v) is 3.65. The second-order valence-corrected chi connectivity index (χ2v) is 8.15. The zero-order chi connectivity index (χ0) is 24.5. The van der Waals surface area contributed by atoms with Gasteiger partial charge in [-0.3, -0.25) is 4.57 Å². The van der Waals surface area contributed by atoms with E-state index in [9.17, 15) is 18.0 Å². The van der Waals surface area contributed by atoms with Crippen LogP contribution in [0.1, 0.15) is 25.0 Å². The highest BCUT2D eigenvalue weighted by Crippen LogP contribution is 2.24. The molecule has 178 valence electrons. The van der Waals surface area contributed by atoms with E-state index in [1.807, 2.05) is 6.92 Å². The van der Waals surface area contributed by atoms with Crippen LogP contribution in [-0.4, -0.2) is 40.3 Å². The van der Waals surface area contributed by atoms with E-state index in [0.29, 0.717) is 33.7 Å². The Morgan fingerprint density at radius 1 is 1.06 bits per heavy atom. The predicted octanol–water partition coefficient (Wildman–Crippen LogP) is 4.56. The summed E-state index contributed by atoms with van der Waals surface area (Å²) in [6, 6.07) is 9.66. The standard InChI is InChI=1S/C21H18Cl2F3N7O/c1-2-17-28-16(29-33(17)19-15(23)4-3-10-27-19)12-32-20(34)31(11-9-21(24,25)26)18(30-32)13-5-7-14(22)8-6-13/h3-8,10H,2,9,11-12H2,1H3. The van der Waals surface area contributed by atoms with E-state index in [0.717, 1.165) is 9.25 Å². The summed E-state index contributed by atoms with van der Waals surface area (Å²) in [4.78, 5) is 21.7. The van der Waals surface area contributed by atoms with Gasteiger partial charge in [0.05, 0.1) is 11.4 Å². The molecule has 0 aliphatic rings. The Bertz CT molecular complexity index is 1360. The molecule has 0 bridgehead atoms. The van der Waals surface area contributed by atoms with E-state index >= 15 is 0 Å². The van der Waals surface area contributed by atoms with Crippen molar-refractivity contribution in [3.05, 3.63) is 74.8 Å². The fourth-order valence-electron chi connectivity index (χ4n) is 3.32. The summed E-state index contributed by atoms with van der Waals surface area (Å²) in [5.74, 6) is 1.26. The third-order valence-corrected chi connectivity index (χ3v) is 5.46. The zero-order valence-electron chi connectivity index (χ0n) is 17.8. The lowest BCUT2D eigenvalue weighted by Gasteiger charge is -2.08. The lowest BCUT2D eigenvalue weighted by molar-refractivity contribution is -0.136. The SMILES string of the molecule is CCc1nc(Cn2nc(-c3ccc(Cl)cc3)n(CCC(F)(F)F)c2=O)nn1-c1ncccc1Cl. The van der Waals surface area contributed by atoms with Crippen molar-refractivity contribution in [3.63, 3.8) is 0 Å². The summed E-state index contributed by atoms with van der Waals surface area (Å²) in [7, 11) is 0. The van der Waals surface area contributed by atoms with Crippen molar-refractivity contribution in [1.82, 2.24) is 34.1 Å². The van der Waals surface area contributed by atoms with Gasteiger partial charge in [-0.15, -0.1) is 10.2 Å². The normalized spacial score (nSPS) is 11.8. The van der Waals surface area contributed by atoms with Crippen LogP contribution >= 0.6 is 23.2 Å². The molecule has 8 nitrogen and oxygen atoms in total. The lowest BCUT2D eigenvalue weighted by atomic mass is 10.2. The Balaban J connectivity index is 1.73. The van der Waals surface area contributed by atoms with E-state index in [1.165, 1.54) is 4.68 Å². The van der Waals surface area contributed by atoms with Gasteiger partial charge in [0.1, 0.15) is 12.4 Å². The molecule has 0 spiro atoms. The Kier molecular flexibility index (Phi) is 6.76. The highest BCUT2D eigenvalue weighted by Gasteiger charge is 2.28. The number of rotatable bonds is 7. The Labute approximate surface area is 201 Å². The molecule has 0 radical (unpaired) electrons. The van der Waals surface area contributed by atoms with Gasteiger partial charge in [-0.2, -0.15) is 17.9 Å².